The first kappa shape index (κ1) is 20.4. The van der Waals surface area contributed by atoms with Crippen molar-refractivity contribution in [2.75, 3.05) is 11.4 Å². The molecule has 0 bridgehead atoms. The summed E-state index contributed by atoms with van der Waals surface area (Å²) < 4.78 is 65.9. The van der Waals surface area contributed by atoms with E-state index >= 15 is 0 Å². The molecule has 2 aromatic heterocycles. The van der Waals surface area contributed by atoms with Gasteiger partial charge in [0.2, 0.25) is 0 Å². The maximum atomic E-state index is 13.2. The molecule has 0 aliphatic carbocycles. The van der Waals surface area contributed by atoms with Crippen LogP contribution < -0.4 is 4.31 Å². The first-order chi connectivity index (χ1) is 13.1. The van der Waals surface area contributed by atoms with Crippen molar-refractivity contribution in [1.82, 2.24) is 10.2 Å². The molecule has 0 fully saturated rings. The average molecular weight is 429 g/mol. The van der Waals surface area contributed by atoms with Gasteiger partial charge in [0.1, 0.15) is 16.3 Å². The van der Waals surface area contributed by atoms with Crippen molar-refractivity contribution >= 4 is 27.0 Å². The standard InChI is InChI=1S/C18H18F3N3O2S2/c1-4-12-7-5-6-8-14(12)24(3)28(25,26)16-10-15(27-11(16)2)13-9-17(23-22-13)18(19,20)21/h5-10H,4H2,1-3H3,(H,22,23). The lowest BCUT2D eigenvalue weighted by Crippen LogP contribution is -2.27. The van der Waals surface area contributed by atoms with Crippen molar-refractivity contribution < 1.29 is 21.6 Å². The monoisotopic (exact) mass is 429 g/mol. The number of hydrogen-bond acceptors (Lipinski definition) is 4. The number of thiophene rings is 1. The van der Waals surface area contributed by atoms with Crippen LogP contribution in [-0.4, -0.2) is 25.7 Å². The first-order valence-electron chi connectivity index (χ1n) is 8.36. The van der Waals surface area contributed by atoms with E-state index in [4.69, 9.17) is 0 Å². The van der Waals surface area contributed by atoms with E-state index in [1.807, 2.05) is 24.2 Å². The van der Waals surface area contributed by atoms with Crippen LogP contribution >= 0.6 is 11.3 Å². The summed E-state index contributed by atoms with van der Waals surface area (Å²) in [6.07, 6.45) is -3.88. The Morgan fingerprint density at radius 3 is 2.50 bits per heavy atom. The molecule has 28 heavy (non-hydrogen) atoms. The highest BCUT2D eigenvalue weighted by Gasteiger charge is 2.34. The molecule has 1 aromatic carbocycles. The molecule has 0 spiro atoms. The van der Waals surface area contributed by atoms with Gasteiger partial charge in [-0.3, -0.25) is 9.40 Å². The minimum atomic E-state index is -4.55. The fourth-order valence-electron chi connectivity index (χ4n) is 2.83. The van der Waals surface area contributed by atoms with Crippen LogP contribution in [0.2, 0.25) is 0 Å². The summed E-state index contributed by atoms with van der Waals surface area (Å²) in [4.78, 5) is 0.879. The zero-order chi connectivity index (χ0) is 20.7. The lowest BCUT2D eigenvalue weighted by molar-refractivity contribution is -0.141. The summed E-state index contributed by atoms with van der Waals surface area (Å²) >= 11 is 1.09. The second-order valence-electron chi connectivity index (χ2n) is 6.15. The third-order valence-electron chi connectivity index (χ3n) is 4.36. The third kappa shape index (κ3) is 3.66. The molecule has 0 saturated carbocycles. The van der Waals surface area contributed by atoms with Gasteiger partial charge in [0.05, 0.1) is 10.6 Å². The Morgan fingerprint density at radius 1 is 1.21 bits per heavy atom. The Balaban J connectivity index is 2.01. The minimum absolute atomic E-state index is 0.0532. The molecular weight excluding hydrogens is 411 g/mol. The van der Waals surface area contributed by atoms with Gasteiger partial charge in [-0.2, -0.15) is 18.3 Å². The van der Waals surface area contributed by atoms with Gasteiger partial charge in [0.25, 0.3) is 10.0 Å². The molecule has 0 radical (unpaired) electrons. The molecule has 0 unspecified atom stereocenters. The third-order valence-corrected chi connectivity index (χ3v) is 7.46. The molecule has 0 atom stereocenters. The zero-order valence-corrected chi connectivity index (χ0v) is 17.0. The van der Waals surface area contributed by atoms with Crippen LogP contribution in [0.5, 0.6) is 0 Å². The second kappa shape index (κ2) is 7.25. The minimum Gasteiger partial charge on any atom is -0.273 e. The number of aromatic amines is 1. The number of aromatic nitrogens is 2. The van der Waals surface area contributed by atoms with Crippen LogP contribution in [0.4, 0.5) is 18.9 Å². The van der Waals surface area contributed by atoms with Gasteiger partial charge in [0.15, 0.2) is 0 Å². The normalized spacial score (nSPS) is 12.4. The summed E-state index contributed by atoms with van der Waals surface area (Å²) in [5.41, 5.74) is 0.519. The van der Waals surface area contributed by atoms with Crippen molar-refractivity contribution in [3.8, 4) is 10.6 Å². The van der Waals surface area contributed by atoms with Gasteiger partial charge < -0.3 is 0 Å². The highest BCUT2D eigenvalue weighted by atomic mass is 32.2. The number of aryl methyl sites for hydroxylation is 2. The van der Waals surface area contributed by atoms with E-state index in [1.165, 1.54) is 17.4 Å². The largest absolute Gasteiger partial charge is 0.432 e. The van der Waals surface area contributed by atoms with Crippen molar-refractivity contribution in [1.29, 1.82) is 0 Å². The number of anilines is 1. The summed E-state index contributed by atoms with van der Waals surface area (Å²) in [5.74, 6) is 0. The van der Waals surface area contributed by atoms with E-state index in [1.54, 1.807) is 19.1 Å². The summed E-state index contributed by atoms with van der Waals surface area (Å²) in [7, 11) is -2.41. The molecule has 3 aromatic rings. The molecule has 1 N–H and O–H groups in total. The van der Waals surface area contributed by atoms with Crippen LogP contribution in [-0.2, 0) is 22.6 Å². The van der Waals surface area contributed by atoms with Crippen LogP contribution in [0, 0.1) is 6.92 Å². The summed E-state index contributed by atoms with van der Waals surface area (Å²) in [6.45, 7) is 3.56. The van der Waals surface area contributed by atoms with Crippen molar-refractivity contribution in [3.05, 3.63) is 52.5 Å². The van der Waals surface area contributed by atoms with E-state index in [-0.39, 0.29) is 10.6 Å². The van der Waals surface area contributed by atoms with Crippen molar-refractivity contribution in [2.24, 2.45) is 0 Å². The molecule has 0 saturated heterocycles. The number of rotatable bonds is 5. The number of nitrogens with zero attached hydrogens (tertiary/aromatic N) is 2. The Morgan fingerprint density at radius 2 is 1.89 bits per heavy atom. The fourth-order valence-corrected chi connectivity index (χ4v) is 5.59. The van der Waals surface area contributed by atoms with Gasteiger partial charge in [-0.15, -0.1) is 11.3 Å². The second-order valence-corrected chi connectivity index (χ2v) is 9.34. The summed E-state index contributed by atoms with van der Waals surface area (Å²) in [6, 6.07) is 9.42. The topological polar surface area (TPSA) is 66.1 Å². The molecule has 150 valence electrons. The lowest BCUT2D eigenvalue weighted by Gasteiger charge is -2.22. The summed E-state index contributed by atoms with van der Waals surface area (Å²) in [5, 5.41) is 5.62. The molecule has 0 amide bonds. The molecular formula is C18H18F3N3O2S2. The number of H-pyrrole nitrogens is 1. The van der Waals surface area contributed by atoms with Crippen molar-refractivity contribution in [2.45, 2.75) is 31.3 Å². The Bertz CT molecular complexity index is 1100. The zero-order valence-electron chi connectivity index (χ0n) is 15.3. The first-order valence-corrected chi connectivity index (χ1v) is 10.6. The smallest absolute Gasteiger partial charge is 0.273 e. The van der Waals surface area contributed by atoms with E-state index in [9.17, 15) is 21.6 Å². The Labute approximate surface area is 164 Å². The van der Waals surface area contributed by atoms with Crippen LogP contribution in [0.3, 0.4) is 0 Å². The number of nitrogens with one attached hydrogen (secondary N) is 1. The molecule has 10 heteroatoms. The van der Waals surface area contributed by atoms with Crippen LogP contribution in [0.15, 0.2) is 41.3 Å². The average Bonchev–Trinajstić information content (AvgIpc) is 3.27. The molecule has 3 rings (SSSR count). The molecule has 0 aliphatic heterocycles. The molecule has 5 nitrogen and oxygen atoms in total. The highest BCUT2D eigenvalue weighted by Crippen LogP contribution is 2.37. The number of alkyl halides is 3. The predicted molar refractivity (Wildman–Crippen MR) is 103 cm³/mol. The quantitative estimate of drug-likeness (QED) is 0.630. The predicted octanol–water partition coefficient (Wildman–Crippen LogP) is 4.85. The van der Waals surface area contributed by atoms with E-state index in [2.05, 4.69) is 5.10 Å². The number of halogens is 3. The van der Waals surface area contributed by atoms with Crippen molar-refractivity contribution in [3.63, 3.8) is 0 Å². The van der Waals surface area contributed by atoms with E-state index in [0.717, 1.165) is 23.0 Å². The van der Waals surface area contributed by atoms with Crippen LogP contribution in [0.1, 0.15) is 23.1 Å². The van der Waals surface area contributed by atoms with Gasteiger partial charge in [-0.1, -0.05) is 25.1 Å². The molecule has 0 aliphatic rings. The SMILES string of the molecule is CCc1ccccc1N(C)S(=O)(=O)c1cc(-c2cc(C(F)(F)F)[nH]n2)sc1C. The maximum Gasteiger partial charge on any atom is 0.432 e. The van der Waals surface area contributed by atoms with Gasteiger partial charge >= 0.3 is 6.18 Å². The highest BCUT2D eigenvalue weighted by molar-refractivity contribution is 7.93. The van der Waals surface area contributed by atoms with E-state index in [0.29, 0.717) is 21.9 Å². The lowest BCUT2D eigenvalue weighted by atomic mass is 10.1. The fraction of sp³-hybridized carbons (Fsp3) is 0.278. The van der Waals surface area contributed by atoms with Crippen LogP contribution in [0.25, 0.3) is 10.6 Å². The number of hydrogen-bond donors (Lipinski definition) is 1. The molecule has 2 heterocycles. The number of para-hydroxylation sites is 1. The van der Waals surface area contributed by atoms with Gasteiger partial charge in [0, 0.05) is 11.9 Å². The van der Waals surface area contributed by atoms with Gasteiger partial charge in [-0.25, -0.2) is 8.42 Å². The Kier molecular flexibility index (Phi) is 5.28. The number of benzene rings is 1. The maximum absolute atomic E-state index is 13.2. The van der Waals surface area contributed by atoms with Gasteiger partial charge in [-0.05, 0) is 37.1 Å². The number of sulfonamides is 1. The van der Waals surface area contributed by atoms with E-state index < -0.39 is 21.9 Å². The Hall–Kier alpha value is -2.33.